The van der Waals surface area contributed by atoms with Crippen molar-refractivity contribution in [2.75, 3.05) is 13.1 Å². The molecule has 1 N–H and O–H groups in total. The van der Waals surface area contributed by atoms with Gasteiger partial charge in [0, 0.05) is 19.5 Å². The zero-order valence-corrected chi connectivity index (χ0v) is 16.6. The molecule has 0 fully saturated rings. The van der Waals surface area contributed by atoms with Crippen LogP contribution in [0.1, 0.15) is 91.4 Å². The van der Waals surface area contributed by atoms with E-state index >= 15 is 0 Å². The molecule has 0 aliphatic heterocycles. The SMILES string of the molecule is CCCCC/C=C/CCCCCCC(CC(=O)N(CC)CC)C(=O)O. The quantitative estimate of drug-likeness (QED) is 0.297. The Kier molecular flexibility index (Phi) is 15.3. The van der Waals surface area contributed by atoms with Gasteiger partial charge < -0.3 is 10.0 Å². The van der Waals surface area contributed by atoms with Crippen molar-refractivity contribution < 1.29 is 14.7 Å². The first-order valence-corrected chi connectivity index (χ1v) is 10.2. The van der Waals surface area contributed by atoms with E-state index in [9.17, 15) is 14.7 Å². The largest absolute Gasteiger partial charge is 0.481 e. The Morgan fingerprint density at radius 3 is 1.96 bits per heavy atom. The maximum absolute atomic E-state index is 12.1. The highest BCUT2D eigenvalue weighted by molar-refractivity contribution is 5.82. The molecule has 0 bridgehead atoms. The van der Waals surface area contributed by atoms with E-state index in [1.54, 1.807) is 4.90 Å². The first kappa shape index (κ1) is 23.7. The summed E-state index contributed by atoms with van der Waals surface area (Å²) in [7, 11) is 0. The molecule has 0 heterocycles. The fraction of sp³-hybridized carbons (Fsp3) is 0.810. The van der Waals surface area contributed by atoms with Crippen LogP contribution >= 0.6 is 0 Å². The smallest absolute Gasteiger partial charge is 0.307 e. The average Bonchev–Trinajstić information content (AvgIpc) is 2.59. The summed E-state index contributed by atoms with van der Waals surface area (Å²) >= 11 is 0. The molecular weight excluding hydrogens is 314 g/mol. The van der Waals surface area contributed by atoms with Gasteiger partial charge in [-0.15, -0.1) is 0 Å². The molecular formula is C21H39NO3. The van der Waals surface area contributed by atoms with Crippen LogP contribution in [0.15, 0.2) is 12.2 Å². The number of carboxylic acid groups (broad SMARTS) is 1. The second-order valence-electron chi connectivity index (χ2n) is 6.76. The summed E-state index contributed by atoms with van der Waals surface area (Å²) in [6, 6.07) is 0. The lowest BCUT2D eigenvalue weighted by atomic mass is 9.96. The highest BCUT2D eigenvalue weighted by atomic mass is 16.4. The second-order valence-corrected chi connectivity index (χ2v) is 6.76. The lowest BCUT2D eigenvalue weighted by Gasteiger charge is -2.21. The van der Waals surface area contributed by atoms with E-state index in [-0.39, 0.29) is 12.3 Å². The molecule has 0 spiro atoms. The van der Waals surface area contributed by atoms with E-state index in [0.717, 1.165) is 25.7 Å². The van der Waals surface area contributed by atoms with Crippen molar-refractivity contribution in [3.63, 3.8) is 0 Å². The normalized spacial score (nSPS) is 12.4. The molecule has 0 rings (SSSR count). The minimum atomic E-state index is -0.837. The van der Waals surface area contributed by atoms with Crippen molar-refractivity contribution in [1.82, 2.24) is 4.90 Å². The van der Waals surface area contributed by atoms with Crippen LogP contribution in [0.25, 0.3) is 0 Å². The number of carbonyl (C=O) groups excluding carboxylic acids is 1. The van der Waals surface area contributed by atoms with Crippen molar-refractivity contribution in [2.45, 2.75) is 91.4 Å². The van der Waals surface area contributed by atoms with E-state index < -0.39 is 11.9 Å². The number of allylic oxidation sites excluding steroid dienone is 2. The van der Waals surface area contributed by atoms with Crippen LogP contribution in [0.2, 0.25) is 0 Å². The number of aliphatic carboxylic acids is 1. The number of carboxylic acids is 1. The Hall–Kier alpha value is -1.32. The van der Waals surface area contributed by atoms with E-state index in [1.165, 1.54) is 32.1 Å². The van der Waals surface area contributed by atoms with Crippen molar-refractivity contribution in [3.05, 3.63) is 12.2 Å². The average molecular weight is 354 g/mol. The molecule has 1 unspecified atom stereocenters. The predicted molar refractivity (Wildman–Crippen MR) is 105 cm³/mol. The third kappa shape index (κ3) is 12.7. The Bertz CT molecular complexity index is 375. The van der Waals surface area contributed by atoms with Gasteiger partial charge in [-0.1, -0.05) is 51.2 Å². The van der Waals surface area contributed by atoms with Gasteiger partial charge in [-0.2, -0.15) is 0 Å². The lowest BCUT2D eigenvalue weighted by Crippen LogP contribution is -2.33. The molecule has 0 aromatic rings. The van der Waals surface area contributed by atoms with Crippen LogP contribution in [-0.2, 0) is 9.59 Å². The van der Waals surface area contributed by atoms with Gasteiger partial charge in [0.25, 0.3) is 0 Å². The highest BCUT2D eigenvalue weighted by Crippen LogP contribution is 2.17. The second kappa shape index (κ2) is 16.2. The molecule has 0 aliphatic rings. The monoisotopic (exact) mass is 353 g/mol. The van der Waals surface area contributed by atoms with Gasteiger partial charge >= 0.3 is 5.97 Å². The van der Waals surface area contributed by atoms with Gasteiger partial charge in [0.1, 0.15) is 0 Å². The van der Waals surface area contributed by atoms with Crippen molar-refractivity contribution >= 4 is 11.9 Å². The minimum Gasteiger partial charge on any atom is -0.481 e. The zero-order chi connectivity index (χ0) is 18.9. The molecule has 0 saturated carbocycles. The van der Waals surface area contributed by atoms with E-state index in [0.29, 0.717) is 19.5 Å². The molecule has 146 valence electrons. The van der Waals surface area contributed by atoms with E-state index in [2.05, 4.69) is 19.1 Å². The molecule has 0 aromatic heterocycles. The predicted octanol–water partition coefficient (Wildman–Crippen LogP) is 5.42. The number of nitrogens with zero attached hydrogens (tertiary/aromatic N) is 1. The summed E-state index contributed by atoms with van der Waals surface area (Å²) in [6.07, 6.45) is 15.7. The summed E-state index contributed by atoms with van der Waals surface area (Å²) in [5.74, 6) is -1.41. The van der Waals surface area contributed by atoms with Crippen LogP contribution < -0.4 is 0 Å². The molecule has 4 nitrogen and oxygen atoms in total. The molecule has 0 aliphatic carbocycles. The van der Waals surface area contributed by atoms with Gasteiger partial charge in [-0.05, 0) is 46.0 Å². The molecule has 1 atom stereocenters. The molecule has 0 saturated heterocycles. The molecule has 0 radical (unpaired) electrons. The molecule has 1 amide bonds. The van der Waals surface area contributed by atoms with Crippen molar-refractivity contribution in [2.24, 2.45) is 5.92 Å². The number of carbonyl (C=O) groups is 2. The van der Waals surface area contributed by atoms with E-state index in [4.69, 9.17) is 0 Å². The molecule has 25 heavy (non-hydrogen) atoms. The van der Waals surface area contributed by atoms with E-state index in [1.807, 2.05) is 13.8 Å². The first-order valence-electron chi connectivity index (χ1n) is 10.2. The molecule has 4 heteroatoms. The van der Waals surface area contributed by atoms with Gasteiger partial charge in [0.05, 0.1) is 5.92 Å². The third-order valence-corrected chi connectivity index (χ3v) is 4.70. The number of amides is 1. The van der Waals surface area contributed by atoms with Crippen LogP contribution in [0.3, 0.4) is 0 Å². The van der Waals surface area contributed by atoms with Crippen molar-refractivity contribution in [3.8, 4) is 0 Å². The minimum absolute atomic E-state index is 0.0365. The zero-order valence-electron chi connectivity index (χ0n) is 16.6. The van der Waals surface area contributed by atoms with Crippen LogP contribution in [-0.4, -0.2) is 35.0 Å². The fourth-order valence-electron chi connectivity index (χ4n) is 2.98. The van der Waals surface area contributed by atoms with Gasteiger partial charge in [-0.25, -0.2) is 0 Å². The van der Waals surface area contributed by atoms with Crippen LogP contribution in [0.5, 0.6) is 0 Å². The Morgan fingerprint density at radius 2 is 1.44 bits per heavy atom. The molecule has 0 aromatic carbocycles. The number of hydrogen-bond donors (Lipinski definition) is 1. The Balaban J connectivity index is 3.84. The maximum Gasteiger partial charge on any atom is 0.307 e. The summed E-state index contributed by atoms with van der Waals surface area (Å²) in [4.78, 5) is 25.2. The summed E-state index contributed by atoms with van der Waals surface area (Å²) in [5, 5.41) is 9.33. The summed E-state index contributed by atoms with van der Waals surface area (Å²) in [5.41, 5.74) is 0. The number of unbranched alkanes of at least 4 members (excludes halogenated alkanes) is 7. The Morgan fingerprint density at radius 1 is 0.880 bits per heavy atom. The lowest BCUT2D eigenvalue weighted by molar-refractivity contribution is -0.146. The van der Waals surface area contributed by atoms with Crippen LogP contribution in [0, 0.1) is 5.92 Å². The summed E-state index contributed by atoms with van der Waals surface area (Å²) in [6.45, 7) is 7.37. The highest BCUT2D eigenvalue weighted by Gasteiger charge is 2.22. The third-order valence-electron chi connectivity index (χ3n) is 4.70. The number of rotatable bonds is 16. The van der Waals surface area contributed by atoms with Gasteiger partial charge in [0.2, 0.25) is 5.91 Å². The topological polar surface area (TPSA) is 57.6 Å². The standard InChI is InChI=1S/C21H39NO3/c1-4-7-8-9-10-11-12-13-14-15-16-17-19(21(24)25)18-20(23)22(5-2)6-3/h10-11,19H,4-9,12-18H2,1-3H3,(H,24,25)/b11-10+. The Labute approximate surface area is 154 Å². The van der Waals surface area contributed by atoms with Gasteiger partial charge in [-0.3, -0.25) is 9.59 Å². The fourth-order valence-corrected chi connectivity index (χ4v) is 2.98. The van der Waals surface area contributed by atoms with Crippen LogP contribution in [0.4, 0.5) is 0 Å². The summed E-state index contributed by atoms with van der Waals surface area (Å²) < 4.78 is 0. The first-order chi connectivity index (χ1) is 12.1. The number of hydrogen-bond acceptors (Lipinski definition) is 2. The maximum atomic E-state index is 12.1. The van der Waals surface area contributed by atoms with Crippen molar-refractivity contribution in [1.29, 1.82) is 0 Å². The van der Waals surface area contributed by atoms with Gasteiger partial charge in [0.15, 0.2) is 0 Å².